The molecule has 2 aromatic carbocycles. The predicted molar refractivity (Wildman–Crippen MR) is 86.6 cm³/mol. The summed E-state index contributed by atoms with van der Waals surface area (Å²) in [6.07, 6.45) is 2.52. The Balaban J connectivity index is 2.18. The van der Waals surface area contributed by atoms with Crippen LogP contribution in [0.15, 0.2) is 53.0 Å². The molecular weight excluding hydrogens is 356 g/mol. The second-order valence-corrected chi connectivity index (χ2v) is 5.57. The maximum Gasteiger partial charge on any atom is 0.328 e. The summed E-state index contributed by atoms with van der Waals surface area (Å²) in [6.45, 7) is 0.352. The van der Waals surface area contributed by atoms with Crippen LogP contribution in [0.5, 0.6) is 5.75 Å². The second kappa shape index (κ2) is 7.29. The number of benzene rings is 2. The average molecular weight is 368 g/mol. The van der Waals surface area contributed by atoms with Crippen molar-refractivity contribution >= 4 is 39.6 Å². The lowest BCUT2D eigenvalue weighted by molar-refractivity contribution is -0.131. The topological polar surface area (TPSA) is 46.5 Å². The number of hydrogen-bond acceptors (Lipinski definition) is 2. The van der Waals surface area contributed by atoms with Crippen molar-refractivity contribution in [3.63, 3.8) is 0 Å². The van der Waals surface area contributed by atoms with Crippen molar-refractivity contribution in [2.24, 2.45) is 0 Å². The highest BCUT2D eigenvalue weighted by Gasteiger charge is 2.07. The summed E-state index contributed by atoms with van der Waals surface area (Å²) in [5.74, 6) is -0.548. The first kappa shape index (κ1) is 15.6. The first-order valence-electron chi connectivity index (χ1n) is 6.13. The van der Waals surface area contributed by atoms with Gasteiger partial charge in [-0.1, -0.05) is 51.8 Å². The van der Waals surface area contributed by atoms with Gasteiger partial charge in [0.05, 0.1) is 5.02 Å². The fraction of sp³-hybridized carbons (Fsp3) is 0.0625. The Morgan fingerprint density at radius 2 is 1.95 bits per heavy atom. The van der Waals surface area contributed by atoms with Gasteiger partial charge in [0.2, 0.25) is 0 Å². The van der Waals surface area contributed by atoms with Gasteiger partial charge < -0.3 is 9.84 Å². The summed E-state index contributed by atoms with van der Waals surface area (Å²) in [6, 6.07) is 12.9. The number of hydrogen-bond donors (Lipinski definition) is 1. The Morgan fingerprint density at radius 3 is 2.62 bits per heavy atom. The molecule has 0 bridgehead atoms. The molecule has 108 valence electrons. The lowest BCUT2D eigenvalue weighted by Crippen LogP contribution is -1.98. The number of rotatable bonds is 5. The van der Waals surface area contributed by atoms with Crippen LogP contribution in [0.4, 0.5) is 0 Å². The normalized spacial score (nSPS) is 10.8. The lowest BCUT2D eigenvalue weighted by atomic mass is 10.2. The van der Waals surface area contributed by atoms with E-state index in [1.165, 1.54) is 6.08 Å². The van der Waals surface area contributed by atoms with Crippen molar-refractivity contribution < 1.29 is 14.6 Å². The number of ether oxygens (including phenoxy) is 1. The van der Waals surface area contributed by atoms with E-state index in [1.807, 2.05) is 24.3 Å². The van der Waals surface area contributed by atoms with E-state index in [1.54, 1.807) is 18.2 Å². The Hall–Kier alpha value is -1.78. The van der Waals surface area contributed by atoms with Gasteiger partial charge in [0.25, 0.3) is 0 Å². The van der Waals surface area contributed by atoms with E-state index in [-0.39, 0.29) is 0 Å². The third-order valence-corrected chi connectivity index (χ3v) is 3.53. The summed E-state index contributed by atoms with van der Waals surface area (Å²) in [5.41, 5.74) is 1.62. The van der Waals surface area contributed by atoms with Crippen molar-refractivity contribution in [1.82, 2.24) is 0 Å². The monoisotopic (exact) mass is 366 g/mol. The molecule has 0 aliphatic carbocycles. The van der Waals surface area contributed by atoms with E-state index < -0.39 is 5.97 Å². The minimum absolute atomic E-state index is 0.352. The quantitative estimate of drug-likeness (QED) is 0.774. The van der Waals surface area contributed by atoms with E-state index >= 15 is 0 Å². The molecule has 0 fully saturated rings. The zero-order chi connectivity index (χ0) is 15.2. The van der Waals surface area contributed by atoms with Crippen LogP contribution in [0.25, 0.3) is 6.08 Å². The highest BCUT2D eigenvalue weighted by Crippen LogP contribution is 2.30. The molecule has 0 spiro atoms. The maximum absolute atomic E-state index is 10.6. The lowest BCUT2D eigenvalue weighted by Gasteiger charge is -2.11. The van der Waals surface area contributed by atoms with Gasteiger partial charge in [-0.05, 0) is 29.8 Å². The van der Waals surface area contributed by atoms with E-state index in [9.17, 15) is 4.79 Å². The van der Waals surface area contributed by atoms with Crippen LogP contribution in [-0.2, 0) is 11.4 Å². The zero-order valence-electron chi connectivity index (χ0n) is 10.9. The number of aliphatic carboxylic acids is 1. The van der Waals surface area contributed by atoms with Gasteiger partial charge in [-0.25, -0.2) is 4.79 Å². The van der Waals surface area contributed by atoms with Crippen LogP contribution in [0.1, 0.15) is 11.1 Å². The van der Waals surface area contributed by atoms with Crippen LogP contribution >= 0.6 is 27.5 Å². The molecule has 0 aliphatic rings. The number of para-hydroxylation sites is 1. The maximum atomic E-state index is 10.6. The molecule has 5 heteroatoms. The molecule has 1 N–H and O–H groups in total. The molecule has 0 aromatic heterocycles. The Labute approximate surface area is 135 Å². The smallest absolute Gasteiger partial charge is 0.328 e. The van der Waals surface area contributed by atoms with Crippen LogP contribution in [0.3, 0.4) is 0 Å². The van der Waals surface area contributed by atoms with Crippen molar-refractivity contribution in [1.29, 1.82) is 0 Å². The molecule has 2 rings (SSSR count). The summed E-state index contributed by atoms with van der Waals surface area (Å²) in [4.78, 5) is 10.6. The molecule has 0 atom stereocenters. The summed E-state index contributed by atoms with van der Waals surface area (Å²) in [7, 11) is 0. The van der Waals surface area contributed by atoms with E-state index in [0.717, 1.165) is 16.1 Å². The van der Waals surface area contributed by atoms with Crippen molar-refractivity contribution in [3.05, 3.63) is 69.2 Å². The number of carboxylic acids is 1. The van der Waals surface area contributed by atoms with Crippen molar-refractivity contribution in [2.45, 2.75) is 6.61 Å². The average Bonchev–Trinajstić information content (AvgIpc) is 2.46. The zero-order valence-corrected chi connectivity index (χ0v) is 13.3. The standard InChI is InChI=1S/C16H12BrClO3/c17-13-7-4-11(5-8-13)10-21-16-12(6-9-15(19)20)2-1-3-14(16)18/h1-9H,10H2,(H,19,20)/b9-6+. The van der Waals surface area contributed by atoms with Gasteiger partial charge >= 0.3 is 5.97 Å². The number of halogens is 2. The molecule has 0 radical (unpaired) electrons. The largest absolute Gasteiger partial charge is 0.487 e. The summed E-state index contributed by atoms with van der Waals surface area (Å²) < 4.78 is 6.73. The van der Waals surface area contributed by atoms with Gasteiger partial charge in [-0.2, -0.15) is 0 Å². The molecular formula is C16H12BrClO3. The first-order chi connectivity index (χ1) is 10.1. The third kappa shape index (κ3) is 4.62. The van der Waals surface area contributed by atoms with Crippen LogP contribution in [-0.4, -0.2) is 11.1 Å². The summed E-state index contributed by atoms with van der Waals surface area (Å²) >= 11 is 9.49. The van der Waals surface area contributed by atoms with E-state index in [0.29, 0.717) is 22.9 Å². The summed E-state index contributed by atoms with van der Waals surface area (Å²) in [5, 5.41) is 9.15. The molecule has 0 saturated heterocycles. The molecule has 0 amide bonds. The molecule has 0 saturated carbocycles. The number of carbonyl (C=O) groups is 1. The van der Waals surface area contributed by atoms with Crippen LogP contribution in [0, 0.1) is 0 Å². The second-order valence-electron chi connectivity index (χ2n) is 4.24. The minimum Gasteiger partial charge on any atom is -0.487 e. The molecule has 3 nitrogen and oxygen atoms in total. The van der Waals surface area contributed by atoms with Crippen molar-refractivity contribution in [3.8, 4) is 5.75 Å². The Kier molecular flexibility index (Phi) is 5.42. The SMILES string of the molecule is O=C(O)/C=C/c1cccc(Cl)c1OCc1ccc(Br)cc1. The van der Waals surface area contributed by atoms with E-state index in [2.05, 4.69) is 15.9 Å². The van der Waals surface area contributed by atoms with Gasteiger partial charge in [-0.15, -0.1) is 0 Å². The van der Waals surface area contributed by atoms with Crippen LogP contribution in [0.2, 0.25) is 5.02 Å². The predicted octanol–water partition coefficient (Wildman–Crippen LogP) is 4.78. The molecule has 0 aliphatic heterocycles. The molecule has 2 aromatic rings. The molecule has 0 heterocycles. The Morgan fingerprint density at radius 1 is 1.24 bits per heavy atom. The Bertz CT molecular complexity index is 666. The van der Waals surface area contributed by atoms with Gasteiger partial charge in [0.1, 0.15) is 12.4 Å². The molecule has 21 heavy (non-hydrogen) atoms. The third-order valence-electron chi connectivity index (χ3n) is 2.70. The highest BCUT2D eigenvalue weighted by atomic mass is 79.9. The first-order valence-corrected chi connectivity index (χ1v) is 7.30. The molecule has 0 unspecified atom stereocenters. The van der Waals surface area contributed by atoms with Crippen molar-refractivity contribution in [2.75, 3.05) is 0 Å². The highest BCUT2D eigenvalue weighted by molar-refractivity contribution is 9.10. The fourth-order valence-corrected chi connectivity index (χ4v) is 2.21. The number of carboxylic acid groups (broad SMARTS) is 1. The minimum atomic E-state index is -1.02. The van der Waals surface area contributed by atoms with Crippen LogP contribution < -0.4 is 4.74 Å². The van der Waals surface area contributed by atoms with E-state index in [4.69, 9.17) is 21.4 Å². The van der Waals surface area contributed by atoms with Gasteiger partial charge in [-0.3, -0.25) is 0 Å². The van der Waals surface area contributed by atoms with Gasteiger partial charge in [0.15, 0.2) is 0 Å². The fourth-order valence-electron chi connectivity index (χ4n) is 1.71. The van der Waals surface area contributed by atoms with Gasteiger partial charge in [0, 0.05) is 16.1 Å².